The number of hydrogen-bond acceptors (Lipinski definition) is 2. The Kier molecular flexibility index (Phi) is 8.63. The normalized spacial score (nSPS) is 18.6. The van der Waals surface area contributed by atoms with E-state index in [1.54, 1.807) is 0 Å². The number of piperidine rings is 1. The molecule has 1 aliphatic heterocycles. The summed E-state index contributed by atoms with van der Waals surface area (Å²) in [7, 11) is 0. The molecule has 0 aromatic heterocycles. The highest BCUT2D eigenvalue weighted by molar-refractivity contribution is 9.10. The molecular formula is C30H38BrNO2. The fourth-order valence-electron chi connectivity index (χ4n) is 5.75. The maximum atomic E-state index is 13.3. The number of carbonyl (C=O) groups excluding carboxylic acids is 2. The maximum Gasteiger partial charge on any atom is 0.229 e. The summed E-state index contributed by atoms with van der Waals surface area (Å²) in [5.41, 5.74) is 3.18. The SMILES string of the molecule is Cc1ccc(C(C)C(=O)N2CCC(CCC3CCCCC3)CC2)cc1C(=O)c1ccccc1Br. The highest BCUT2D eigenvalue weighted by atomic mass is 79.9. The number of likely N-dealkylation sites (tertiary alicyclic amines) is 1. The number of halogens is 1. The Labute approximate surface area is 213 Å². The van der Waals surface area contributed by atoms with Crippen molar-refractivity contribution in [2.24, 2.45) is 11.8 Å². The van der Waals surface area contributed by atoms with E-state index >= 15 is 0 Å². The lowest BCUT2D eigenvalue weighted by molar-refractivity contribution is -0.133. The Balaban J connectivity index is 1.36. The van der Waals surface area contributed by atoms with Crippen molar-refractivity contribution in [3.05, 3.63) is 69.2 Å². The second kappa shape index (κ2) is 11.7. The van der Waals surface area contributed by atoms with E-state index in [4.69, 9.17) is 0 Å². The third-order valence-electron chi connectivity index (χ3n) is 8.13. The van der Waals surface area contributed by atoms with Gasteiger partial charge in [0.2, 0.25) is 5.91 Å². The van der Waals surface area contributed by atoms with E-state index < -0.39 is 0 Å². The van der Waals surface area contributed by atoms with E-state index in [0.29, 0.717) is 11.1 Å². The molecule has 0 radical (unpaired) electrons. The summed E-state index contributed by atoms with van der Waals surface area (Å²) in [5.74, 6) is 1.65. The molecule has 1 unspecified atom stereocenters. The van der Waals surface area contributed by atoms with Crippen LogP contribution < -0.4 is 0 Å². The second-order valence-electron chi connectivity index (χ2n) is 10.5. The van der Waals surface area contributed by atoms with Gasteiger partial charge in [0.05, 0.1) is 5.92 Å². The molecule has 1 atom stereocenters. The predicted octanol–water partition coefficient (Wildman–Crippen LogP) is 7.69. The van der Waals surface area contributed by atoms with Gasteiger partial charge in [-0.2, -0.15) is 0 Å². The highest BCUT2D eigenvalue weighted by Crippen LogP contribution is 2.32. The van der Waals surface area contributed by atoms with Crippen LogP contribution in [0.4, 0.5) is 0 Å². The monoisotopic (exact) mass is 523 g/mol. The molecule has 1 saturated carbocycles. The molecule has 0 bridgehead atoms. The summed E-state index contributed by atoms with van der Waals surface area (Å²) < 4.78 is 0.792. The number of ketones is 1. The molecule has 2 aliphatic rings. The molecule has 4 rings (SSSR count). The number of amides is 1. The molecule has 1 aliphatic carbocycles. The van der Waals surface area contributed by atoms with E-state index in [0.717, 1.165) is 53.4 Å². The quantitative estimate of drug-likeness (QED) is 0.348. The number of aryl methyl sites for hydroxylation is 1. The van der Waals surface area contributed by atoms with Gasteiger partial charge in [0.15, 0.2) is 5.78 Å². The number of carbonyl (C=O) groups is 2. The molecular weight excluding hydrogens is 486 g/mol. The minimum absolute atomic E-state index is 0.00902. The summed E-state index contributed by atoms with van der Waals surface area (Å²) in [6, 6.07) is 13.4. The van der Waals surface area contributed by atoms with Crippen LogP contribution in [0.1, 0.15) is 97.7 Å². The highest BCUT2D eigenvalue weighted by Gasteiger charge is 2.28. The van der Waals surface area contributed by atoms with Crippen LogP contribution >= 0.6 is 15.9 Å². The third kappa shape index (κ3) is 6.00. The maximum absolute atomic E-state index is 13.3. The average Bonchev–Trinajstić information content (AvgIpc) is 2.88. The van der Waals surface area contributed by atoms with Crippen LogP contribution in [0.3, 0.4) is 0 Å². The Morgan fingerprint density at radius 2 is 1.56 bits per heavy atom. The summed E-state index contributed by atoms with van der Waals surface area (Å²) in [6.45, 7) is 5.67. The molecule has 4 heteroatoms. The summed E-state index contributed by atoms with van der Waals surface area (Å²) >= 11 is 3.50. The lowest BCUT2D eigenvalue weighted by Crippen LogP contribution is -2.40. The van der Waals surface area contributed by atoms with E-state index in [2.05, 4.69) is 20.8 Å². The largest absolute Gasteiger partial charge is 0.342 e. The lowest BCUT2D eigenvalue weighted by atomic mass is 9.82. The number of hydrogen-bond donors (Lipinski definition) is 0. The van der Waals surface area contributed by atoms with E-state index in [1.807, 2.05) is 56.3 Å². The van der Waals surface area contributed by atoms with Crippen LogP contribution in [0.25, 0.3) is 0 Å². The average molecular weight is 525 g/mol. The van der Waals surface area contributed by atoms with Gasteiger partial charge in [-0.1, -0.05) is 85.1 Å². The Morgan fingerprint density at radius 3 is 2.24 bits per heavy atom. The van der Waals surface area contributed by atoms with Crippen LogP contribution in [-0.4, -0.2) is 29.7 Å². The van der Waals surface area contributed by atoms with Crippen LogP contribution in [-0.2, 0) is 4.79 Å². The first-order chi connectivity index (χ1) is 16.4. The second-order valence-corrected chi connectivity index (χ2v) is 11.3. The van der Waals surface area contributed by atoms with Gasteiger partial charge in [0.25, 0.3) is 0 Å². The van der Waals surface area contributed by atoms with Gasteiger partial charge in [-0.05, 0) is 67.9 Å². The molecule has 182 valence electrons. The molecule has 0 N–H and O–H groups in total. The standard InChI is InChI=1S/C30H38BrNO2/c1-21-12-15-25(20-27(21)29(33)26-10-6-7-11-28(26)31)22(2)30(34)32-18-16-24(17-19-32)14-13-23-8-4-3-5-9-23/h6-7,10-12,15,20,22-24H,3-5,8-9,13-14,16-19H2,1-2H3. The van der Waals surface area contributed by atoms with Crippen LogP contribution in [0, 0.1) is 18.8 Å². The van der Waals surface area contributed by atoms with Crippen LogP contribution in [0.2, 0.25) is 0 Å². The Hall–Kier alpha value is -1.94. The zero-order valence-electron chi connectivity index (χ0n) is 20.7. The van der Waals surface area contributed by atoms with Gasteiger partial charge in [0, 0.05) is 28.7 Å². The zero-order valence-corrected chi connectivity index (χ0v) is 22.3. The zero-order chi connectivity index (χ0) is 24.1. The molecule has 0 spiro atoms. The molecule has 2 aromatic rings. The van der Waals surface area contributed by atoms with Crippen molar-refractivity contribution in [2.45, 2.75) is 77.6 Å². The van der Waals surface area contributed by atoms with E-state index in [9.17, 15) is 9.59 Å². The van der Waals surface area contributed by atoms with Gasteiger partial charge in [-0.3, -0.25) is 9.59 Å². The van der Waals surface area contributed by atoms with Crippen LogP contribution in [0.15, 0.2) is 46.9 Å². The van der Waals surface area contributed by atoms with Crippen molar-refractivity contribution in [1.29, 1.82) is 0 Å². The first-order valence-corrected chi connectivity index (χ1v) is 13.9. The summed E-state index contributed by atoms with van der Waals surface area (Å²) in [4.78, 5) is 28.6. The minimum Gasteiger partial charge on any atom is -0.342 e. The summed E-state index contributed by atoms with van der Waals surface area (Å²) in [5, 5.41) is 0. The molecule has 2 fully saturated rings. The summed E-state index contributed by atoms with van der Waals surface area (Å²) in [6.07, 6.45) is 12.1. The van der Waals surface area contributed by atoms with E-state index in [1.165, 1.54) is 44.9 Å². The number of nitrogens with zero attached hydrogens (tertiary/aromatic N) is 1. The van der Waals surface area contributed by atoms with Crippen molar-refractivity contribution in [1.82, 2.24) is 4.90 Å². The van der Waals surface area contributed by atoms with Crippen molar-refractivity contribution >= 4 is 27.6 Å². The number of rotatable bonds is 7. The third-order valence-corrected chi connectivity index (χ3v) is 8.82. The van der Waals surface area contributed by atoms with Crippen molar-refractivity contribution in [3.63, 3.8) is 0 Å². The van der Waals surface area contributed by atoms with Crippen LogP contribution in [0.5, 0.6) is 0 Å². The fourth-order valence-corrected chi connectivity index (χ4v) is 6.21. The molecule has 34 heavy (non-hydrogen) atoms. The molecule has 1 heterocycles. The molecule has 3 nitrogen and oxygen atoms in total. The topological polar surface area (TPSA) is 37.4 Å². The van der Waals surface area contributed by atoms with Crippen molar-refractivity contribution in [2.75, 3.05) is 13.1 Å². The lowest BCUT2D eigenvalue weighted by Gasteiger charge is -2.34. The van der Waals surface area contributed by atoms with Gasteiger partial charge < -0.3 is 4.90 Å². The fraction of sp³-hybridized carbons (Fsp3) is 0.533. The van der Waals surface area contributed by atoms with Crippen molar-refractivity contribution in [3.8, 4) is 0 Å². The van der Waals surface area contributed by atoms with Gasteiger partial charge in [-0.15, -0.1) is 0 Å². The predicted molar refractivity (Wildman–Crippen MR) is 142 cm³/mol. The molecule has 1 amide bonds. The molecule has 2 aromatic carbocycles. The van der Waals surface area contributed by atoms with Gasteiger partial charge >= 0.3 is 0 Å². The smallest absolute Gasteiger partial charge is 0.229 e. The molecule has 1 saturated heterocycles. The van der Waals surface area contributed by atoms with Gasteiger partial charge in [-0.25, -0.2) is 0 Å². The minimum atomic E-state index is -0.245. The Morgan fingerprint density at radius 1 is 0.912 bits per heavy atom. The van der Waals surface area contributed by atoms with E-state index in [-0.39, 0.29) is 17.6 Å². The number of benzene rings is 2. The first-order valence-electron chi connectivity index (χ1n) is 13.1. The Bertz CT molecular complexity index is 1000. The van der Waals surface area contributed by atoms with Gasteiger partial charge in [0.1, 0.15) is 0 Å². The first kappa shape index (κ1) is 25.2. The van der Waals surface area contributed by atoms with Crippen molar-refractivity contribution < 1.29 is 9.59 Å².